The van der Waals surface area contributed by atoms with Crippen LogP contribution in [-0.2, 0) is 0 Å². The zero-order valence-electron chi connectivity index (χ0n) is 17.9. The largest absolute Gasteiger partial charge is 0.493 e. The van der Waals surface area contributed by atoms with E-state index in [9.17, 15) is 4.39 Å². The minimum atomic E-state index is -0.292. The smallest absolute Gasteiger partial charge is 0.206 e. The lowest BCUT2D eigenvalue weighted by molar-refractivity contribution is 0.324. The van der Waals surface area contributed by atoms with Gasteiger partial charge in [0.15, 0.2) is 11.5 Å². The molecule has 2 aromatic carbocycles. The van der Waals surface area contributed by atoms with Crippen LogP contribution in [0.5, 0.6) is 17.2 Å². The first-order valence-electron chi connectivity index (χ1n) is 9.46. The predicted molar refractivity (Wildman–Crippen MR) is 122 cm³/mol. The number of hydrogen-bond acceptors (Lipinski definition) is 6. The second-order valence-corrected chi connectivity index (χ2v) is 7.29. The Morgan fingerprint density at radius 2 is 1.74 bits per heavy atom. The first kappa shape index (κ1) is 22.3. The van der Waals surface area contributed by atoms with Crippen LogP contribution < -0.4 is 19.0 Å². The van der Waals surface area contributed by atoms with Crippen molar-refractivity contribution in [3.05, 3.63) is 70.6 Å². The summed E-state index contributed by atoms with van der Waals surface area (Å²) in [6, 6.07) is 9.94. The Bertz CT molecular complexity index is 1140. The van der Waals surface area contributed by atoms with Crippen LogP contribution in [0, 0.1) is 5.82 Å². The molecule has 0 fully saturated rings. The monoisotopic (exact) mass is 441 g/mol. The molecule has 0 spiro atoms. The molecule has 1 aromatic heterocycles. The fourth-order valence-electron chi connectivity index (χ4n) is 2.97. The van der Waals surface area contributed by atoms with Crippen LogP contribution in [0.15, 0.2) is 64.5 Å². The maximum atomic E-state index is 13.3. The van der Waals surface area contributed by atoms with Crippen LogP contribution in [0.25, 0.3) is 11.3 Å². The van der Waals surface area contributed by atoms with Gasteiger partial charge in [-0.1, -0.05) is 18.2 Å². The Labute approximate surface area is 184 Å². The minimum absolute atomic E-state index is 0.292. The summed E-state index contributed by atoms with van der Waals surface area (Å²) >= 11 is 1.46. The van der Waals surface area contributed by atoms with E-state index >= 15 is 0 Å². The van der Waals surface area contributed by atoms with Gasteiger partial charge in [0.1, 0.15) is 5.82 Å². The van der Waals surface area contributed by atoms with E-state index in [1.807, 2.05) is 24.4 Å². The SMILES string of the molecule is C=CCN=c1scc(-c2cc(OC)c(OC)c(OC)c2)n1N=C(C)c1ccc(F)cc1. The predicted octanol–water partition coefficient (Wildman–Crippen LogP) is 4.74. The topological polar surface area (TPSA) is 57.3 Å². The van der Waals surface area contributed by atoms with Crippen LogP contribution >= 0.6 is 11.3 Å². The molecule has 0 bridgehead atoms. The van der Waals surface area contributed by atoms with Gasteiger partial charge in [0, 0.05) is 10.9 Å². The van der Waals surface area contributed by atoms with Gasteiger partial charge in [-0.3, -0.25) is 4.99 Å². The van der Waals surface area contributed by atoms with E-state index in [0.29, 0.717) is 34.3 Å². The number of hydrogen-bond donors (Lipinski definition) is 0. The molecule has 0 saturated heterocycles. The van der Waals surface area contributed by atoms with E-state index in [-0.39, 0.29) is 5.82 Å². The Morgan fingerprint density at radius 3 is 2.29 bits per heavy atom. The van der Waals surface area contributed by atoms with Crippen molar-refractivity contribution in [3.63, 3.8) is 0 Å². The third-order valence-corrected chi connectivity index (χ3v) is 5.37. The average Bonchev–Trinajstić information content (AvgIpc) is 3.19. The van der Waals surface area contributed by atoms with E-state index in [1.165, 1.54) is 23.5 Å². The van der Waals surface area contributed by atoms with Crippen LogP contribution in [0.3, 0.4) is 0 Å². The lowest BCUT2D eigenvalue weighted by Crippen LogP contribution is -2.14. The highest BCUT2D eigenvalue weighted by atomic mass is 32.1. The fraction of sp³-hybridized carbons (Fsp3) is 0.217. The zero-order chi connectivity index (χ0) is 22.4. The molecule has 0 saturated carbocycles. The fourth-order valence-corrected chi connectivity index (χ4v) is 3.81. The lowest BCUT2D eigenvalue weighted by Gasteiger charge is -2.14. The molecule has 3 aromatic rings. The standard InChI is InChI=1S/C23H24FN3O3S/c1-6-11-25-23-27(26-15(2)16-7-9-18(24)10-8-16)19(14-31-23)17-12-20(28-3)22(30-5)21(13-17)29-4/h6-10,12-14H,1,11H2,2-5H3. The summed E-state index contributed by atoms with van der Waals surface area (Å²) in [6.45, 7) is 6.06. The number of nitrogens with zero attached hydrogens (tertiary/aromatic N) is 3. The summed E-state index contributed by atoms with van der Waals surface area (Å²) < 4.78 is 31.5. The number of methoxy groups -OCH3 is 3. The second kappa shape index (κ2) is 10.1. The molecule has 31 heavy (non-hydrogen) atoms. The van der Waals surface area contributed by atoms with Crippen molar-refractivity contribution in [1.29, 1.82) is 0 Å². The van der Waals surface area contributed by atoms with E-state index in [1.54, 1.807) is 44.2 Å². The van der Waals surface area contributed by atoms with Crippen molar-refractivity contribution in [1.82, 2.24) is 4.68 Å². The molecule has 6 nitrogen and oxygen atoms in total. The lowest BCUT2D eigenvalue weighted by atomic mass is 10.1. The molecule has 0 aliphatic heterocycles. The summed E-state index contributed by atoms with van der Waals surface area (Å²) in [5.41, 5.74) is 3.15. The van der Waals surface area contributed by atoms with Crippen molar-refractivity contribution in [2.75, 3.05) is 27.9 Å². The Hall–Kier alpha value is -3.39. The summed E-state index contributed by atoms with van der Waals surface area (Å²) in [4.78, 5) is 5.26. The van der Waals surface area contributed by atoms with Gasteiger partial charge >= 0.3 is 0 Å². The van der Waals surface area contributed by atoms with Gasteiger partial charge in [-0.2, -0.15) is 5.10 Å². The molecule has 162 valence electrons. The molecule has 8 heteroatoms. The first-order chi connectivity index (χ1) is 15.0. The molecule has 0 unspecified atom stereocenters. The molecule has 3 rings (SSSR count). The molecular weight excluding hydrogens is 417 g/mol. The molecule has 0 aliphatic carbocycles. The van der Waals surface area contributed by atoms with Crippen LogP contribution in [0.1, 0.15) is 12.5 Å². The van der Waals surface area contributed by atoms with Gasteiger partial charge in [-0.25, -0.2) is 9.07 Å². The van der Waals surface area contributed by atoms with Crippen LogP contribution in [0.2, 0.25) is 0 Å². The number of ether oxygens (including phenoxy) is 3. The molecular formula is C23H24FN3O3S. The van der Waals surface area contributed by atoms with Gasteiger partial charge < -0.3 is 14.2 Å². The van der Waals surface area contributed by atoms with E-state index in [0.717, 1.165) is 16.8 Å². The average molecular weight is 442 g/mol. The van der Waals surface area contributed by atoms with Gasteiger partial charge in [-0.05, 0) is 36.8 Å². The molecule has 0 aliphatic rings. The van der Waals surface area contributed by atoms with Crippen molar-refractivity contribution >= 4 is 17.0 Å². The maximum absolute atomic E-state index is 13.3. The van der Waals surface area contributed by atoms with E-state index < -0.39 is 0 Å². The number of benzene rings is 2. The van der Waals surface area contributed by atoms with Crippen molar-refractivity contribution in [2.24, 2.45) is 10.1 Å². The third kappa shape index (κ3) is 4.86. The van der Waals surface area contributed by atoms with Gasteiger partial charge in [-0.15, -0.1) is 17.9 Å². The van der Waals surface area contributed by atoms with Crippen molar-refractivity contribution < 1.29 is 18.6 Å². The van der Waals surface area contributed by atoms with Gasteiger partial charge in [0.25, 0.3) is 0 Å². The van der Waals surface area contributed by atoms with E-state index in [2.05, 4.69) is 11.6 Å². The molecule has 0 atom stereocenters. The molecule has 0 amide bonds. The minimum Gasteiger partial charge on any atom is -0.493 e. The highest BCUT2D eigenvalue weighted by Gasteiger charge is 2.17. The first-order valence-corrected chi connectivity index (χ1v) is 10.3. The maximum Gasteiger partial charge on any atom is 0.206 e. The van der Waals surface area contributed by atoms with Gasteiger partial charge in [0.2, 0.25) is 10.6 Å². The quantitative estimate of drug-likeness (QED) is 0.375. The molecule has 1 heterocycles. The zero-order valence-corrected chi connectivity index (χ0v) is 18.7. The Kier molecular flexibility index (Phi) is 7.25. The normalized spacial score (nSPS) is 12.0. The van der Waals surface area contributed by atoms with Crippen molar-refractivity contribution in [2.45, 2.75) is 6.92 Å². The summed E-state index contributed by atoms with van der Waals surface area (Å²) in [6.07, 6.45) is 1.72. The van der Waals surface area contributed by atoms with E-state index in [4.69, 9.17) is 19.3 Å². The summed E-state index contributed by atoms with van der Waals surface area (Å²) in [5.74, 6) is 1.30. The van der Waals surface area contributed by atoms with Crippen LogP contribution in [-0.4, -0.2) is 38.3 Å². The number of aromatic nitrogens is 1. The second-order valence-electron chi connectivity index (χ2n) is 6.45. The van der Waals surface area contributed by atoms with Gasteiger partial charge in [0.05, 0.1) is 39.3 Å². The Morgan fingerprint density at radius 1 is 1.10 bits per heavy atom. The highest BCUT2D eigenvalue weighted by molar-refractivity contribution is 7.07. The Balaban J connectivity index is 2.21. The number of thiazole rings is 1. The molecule has 0 N–H and O–H groups in total. The summed E-state index contributed by atoms with van der Waals surface area (Å²) in [7, 11) is 4.71. The highest BCUT2D eigenvalue weighted by Crippen LogP contribution is 2.41. The third-order valence-electron chi connectivity index (χ3n) is 4.51. The molecule has 0 radical (unpaired) electrons. The van der Waals surface area contributed by atoms with Crippen LogP contribution in [0.4, 0.5) is 4.39 Å². The van der Waals surface area contributed by atoms with Crippen molar-refractivity contribution in [3.8, 4) is 28.5 Å². The number of rotatable bonds is 8. The number of halogens is 1. The summed E-state index contributed by atoms with van der Waals surface area (Å²) in [5, 5.41) is 6.74.